The summed E-state index contributed by atoms with van der Waals surface area (Å²) < 4.78 is 11.5. The average Bonchev–Trinajstić information content (AvgIpc) is 3.23. The second kappa shape index (κ2) is 12.1. The van der Waals surface area contributed by atoms with Gasteiger partial charge in [0, 0.05) is 31.2 Å². The van der Waals surface area contributed by atoms with E-state index in [1.807, 2.05) is 24.3 Å². The third-order valence-corrected chi connectivity index (χ3v) is 8.35. The van der Waals surface area contributed by atoms with Crippen LogP contribution in [0.15, 0.2) is 66.7 Å². The van der Waals surface area contributed by atoms with Crippen LogP contribution in [0.25, 0.3) is 0 Å². The Morgan fingerprint density at radius 3 is 2.33 bits per heavy atom. The van der Waals surface area contributed by atoms with E-state index in [9.17, 15) is 4.79 Å². The van der Waals surface area contributed by atoms with Gasteiger partial charge in [-0.25, -0.2) is 0 Å². The van der Waals surface area contributed by atoms with E-state index in [1.54, 1.807) is 14.0 Å². The lowest BCUT2D eigenvalue weighted by atomic mass is 9.74. The number of carboxylic acids is 1. The summed E-state index contributed by atoms with van der Waals surface area (Å²) in [5.41, 5.74) is 6.33. The summed E-state index contributed by atoms with van der Waals surface area (Å²) in [6.07, 6.45) is 2.31. The molecule has 208 valence electrons. The molecule has 6 heteroatoms. The summed E-state index contributed by atoms with van der Waals surface area (Å²) in [4.78, 5) is 16.1. The molecule has 3 aromatic rings. The molecule has 0 aliphatic carbocycles. The van der Waals surface area contributed by atoms with Gasteiger partial charge < -0.3 is 19.5 Å². The zero-order valence-corrected chi connectivity index (χ0v) is 23.7. The minimum Gasteiger partial charge on any atom is -0.497 e. The second-order valence-electron chi connectivity index (χ2n) is 11.0. The van der Waals surface area contributed by atoms with Crippen molar-refractivity contribution >= 4 is 11.7 Å². The van der Waals surface area contributed by atoms with Gasteiger partial charge in [-0.15, -0.1) is 5.92 Å². The maximum atomic E-state index is 11.1. The van der Waals surface area contributed by atoms with Gasteiger partial charge in [0.25, 0.3) is 0 Å². The highest BCUT2D eigenvalue weighted by atomic mass is 16.5. The average molecular weight is 539 g/mol. The Morgan fingerprint density at radius 2 is 1.68 bits per heavy atom. The Hall–Kier alpha value is -3.95. The molecule has 3 aromatic carbocycles. The molecule has 40 heavy (non-hydrogen) atoms. The van der Waals surface area contributed by atoms with Crippen LogP contribution in [0.3, 0.4) is 0 Å². The van der Waals surface area contributed by atoms with Crippen LogP contribution in [0.5, 0.6) is 11.5 Å². The number of piperidine rings is 1. The highest BCUT2D eigenvalue weighted by Crippen LogP contribution is 2.47. The van der Waals surface area contributed by atoms with E-state index in [1.165, 1.54) is 16.8 Å². The predicted octanol–water partition coefficient (Wildman–Crippen LogP) is 5.84. The van der Waals surface area contributed by atoms with Crippen molar-refractivity contribution in [2.24, 2.45) is 0 Å². The predicted molar refractivity (Wildman–Crippen MR) is 158 cm³/mol. The van der Waals surface area contributed by atoms with Crippen molar-refractivity contribution < 1.29 is 19.4 Å². The highest BCUT2D eigenvalue weighted by molar-refractivity contribution is 5.69. The van der Waals surface area contributed by atoms with E-state index < -0.39 is 5.97 Å². The first kappa shape index (κ1) is 27.6. The molecule has 0 saturated carbocycles. The molecule has 0 radical (unpaired) electrons. The van der Waals surface area contributed by atoms with E-state index >= 15 is 0 Å². The molecule has 5 rings (SSSR count). The number of benzene rings is 3. The molecular formula is C34H38N2O4. The second-order valence-corrected chi connectivity index (χ2v) is 11.0. The molecule has 1 saturated heterocycles. The molecule has 2 aliphatic heterocycles. The van der Waals surface area contributed by atoms with Crippen molar-refractivity contribution in [3.05, 3.63) is 89.0 Å². The smallest absolute Gasteiger partial charge is 0.304 e. The Balaban J connectivity index is 1.13. The van der Waals surface area contributed by atoms with Crippen LogP contribution in [0.4, 0.5) is 5.69 Å². The van der Waals surface area contributed by atoms with Crippen molar-refractivity contribution in [1.82, 2.24) is 4.90 Å². The molecule has 0 bridgehead atoms. The quantitative estimate of drug-likeness (QED) is 0.346. The Bertz CT molecular complexity index is 1380. The fourth-order valence-electron chi connectivity index (χ4n) is 6.15. The number of likely N-dealkylation sites (tertiary alicyclic amines) is 1. The Labute approximate surface area is 237 Å². The Kier molecular flexibility index (Phi) is 8.32. The first-order chi connectivity index (χ1) is 19.4. The number of carboxylic acid groups (broad SMARTS) is 1. The molecule has 1 atom stereocenters. The molecule has 1 fully saturated rings. The minimum absolute atomic E-state index is 0.00772. The van der Waals surface area contributed by atoms with Gasteiger partial charge in [-0.3, -0.25) is 9.69 Å². The molecule has 6 nitrogen and oxygen atoms in total. The number of anilines is 1. The molecule has 0 aromatic heterocycles. The monoisotopic (exact) mass is 538 g/mol. The maximum Gasteiger partial charge on any atom is 0.304 e. The van der Waals surface area contributed by atoms with Crippen molar-refractivity contribution in [1.29, 1.82) is 0 Å². The van der Waals surface area contributed by atoms with Gasteiger partial charge in [-0.2, -0.15) is 0 Å². The van der Waals surface area contributed by atoms with Crippen LogP contribution in [-0.4, -0.2) is 49.8 Å². The van der Waals surface area contributed by atoms with Crippen LogP contribution >= 0.6 is 0 Å². The molecule has 2 aliphatic rings. The number of likely N-dealkylation sites (N-methyl/N-ethyl adjacent to an activating group) is 1. The molecule has 2 heterocycles. The SMILES string of the molecule is CC#CC(CC(=O)O)c1ccc(OCc2ccc(CN3CCC4(CC3)CN(C)c3ccc(OC)cc34)cc2)cc1. The van der Waals surface area contributed by atoms with Crippen molar-refractivity contribution in [2.45, 2.75) is 50.7 Å². The lowest BCUT2D eigenvalue weighted by Crippen LogP contribution is -2.44. The van der Waals surface area contributed by atoms with Crippen LogP contribution in [0.2, 0.25) is 0 Å². The maximum absolute atomic E-state index is 11.1. The molecule has 0 amide bonds. The number of hydrogen-bond donors (Lipinski definition) is 1. The summed E-state index contributed by atoms with van der Waals surface area (Å²) in [5, 5.41) is 9.15. The van der Waals surface area contributed by atoms with Crippen LogP contribution in [0.1, 0.15) is 54.4 Å². The van der Waals surface area contributed by atoms with Gasteiger partial charge in [0.15, 0.2) is 0 Å². The first-order valence-electron chi connectivity index (χ1n) is 14.0. The lowest BCUT2D eigenvalue weighted by Gasteiger charge is -2.40. The van der Waals surface area contributed by atoms with Gasteiger partial charge in [-0.05, 0) is 85.4 Å². The van der Waals surface area contributed by atoms with E-state index in [0.717, 1.165) is 61.6 Å². The number of carbonyl (C=O) groups is 1. The van der Waals surface area contributed by atoms with E-state index in [4.69, 9.17) is 14.6 Å². The van der Waals surface area contributed by atoms with E-state index in [0.29, 0.717) is 6.61 Å². The summed E-state index contributed by atoms with van der Waals surface area (Å²) in [5.74, 6) is 6.35. The third kappa shape index (κ3) is 6.11. The molecular weight excluding hydrogens is 500 g/mol. The zero-order chi connectivity index (χ0) is 28.1. The fraction of sp³-hybridized carbons (Fsp3) is 0.382. The summed E-state index contributed by atoms with van der Waals surface area (Å²) in [7, 11) is 3.95. The van der Waals surface area contributed by atoms with Crippen molar-refractivity contribution in [3.8, 4) is 23.3 Å². The van der Waals surface area contributed by atoms with Gasteiger partial charge in [-0.1, -0.05) is 42.3 Å². The Morgan fingerprint density at radius 1 is 1.00 bits per heavy atom. The summed E-state index contributed by atoms with van der Waals surface area (Å²) in [6.45, 7) is 6.42. The number of aliphatic carboxylic acids is 1. The van der Waals surface area contributed by atoms with Crippen molar-refractivity contribution in [2.75, 3.05) is 38.7 Å². The van der Waals surface area contributed by atoms with Crippen LogP contribution in [0, 0.1) is 11.8 Å². The van der Waals surface area contributed by atoms with Gasteiger partial charge in [0.2, 0.25) is 0 Å². The van der Waals surface area contributed by atoms with Gasteiger partial charge in [0.1, 0.15) is 18.1 Å². The summed E-state index contributed by atoms with van der Waals surface area (Å²) >= 11 is 0. The third-order valence-electron chi connectivity index (χ3n) is 8.35. The number of fused-ring (bicyclic) bond motifs is 2. The minimum atomic E-state index is -0.853. The molecule has 1 unspecified atom stereocenters. The number of hydrogen-bond acceptors (Lipinski definition) is 5. The number of ether oxygens (including phenoxy) is 2. The summed E-state index contributed by atoms with van der Waals surface area (Å²) in [6, 6.07) is 22.8. The highest BCUT2D eigenvalue weighted by Gasteiger charge is 2.43. The van der Waals surface area contributed by atoms with Gasteiger partial charge >= 0.3 is 5.97 Å². The van der Waals surface area contributed by atoms with Crippen molar-refractivity contribution in [3.63, 3.8) is 0 Å². The molecule has 1 N–H and O–H groups in total. The zero-order valence-electron chi connectivity index (χ0n) is 23.7. The first-order valence-corrected chi connectivity index (χ1v) is 14.0. The van der Waals surface area contributed by atoms with Gasteiger partial charge in [0.05, 0.1) is 19.4 Å². The number of methoxy groups -OCH3 is 1. The van der Waals surface area contributed by atoms with E-state index in [-0.39, 0.29) is 17.8 Å². The molecule has 1 spiro atoms. The lowest BCUT2D eigenvalue weighted by molar-refractivity contribution is -0.137. The van der Waals surface area contributed by atoms with Crippen LogP contribution < -0.4 is 14.4 Å². The number of nitrogens with zero attached hydrogens (tertiary/aromatic N) is 2. The topological polar surface area (TPSA) is 62.2 Å². The van der Waals surface area contributed by atoms with Crippen LogP contribution in [-0.2, 0) is 23.4 Å². The largest absolute Gasteiger partial charge is 0.497 e. The normalized spacial score (nSPS) is 16.6. The van der Waals surface area contributed by atoms with E-state index in [2.05, 4.69) is 71.2 Å². The fourth-order valence-corrected chi connectivity index (χ4v) is 6.15. The standard InChI is InChI=1S/C34H38N2O4/c1-4-5-28(20-33(37)38)27-10-12-29(13-11-27)40-23-26-8-6-25(7-9-26)22-36-18-16-34(17-19-36)24-35(2)32-15-14-30(39-3)21-31(32)34/h6-15,21,28H,16-20,22-24H2,1-3H3,(H,37,38). The number of rotatable bonds is 9.